The zero-order valence-corrected chi connectivity index (χ0v) is 11.8. The maximum Gasteiger partial charge on any atom is 0.573 e. The number of carbonyl (C=O) groups is 1. The summed E-state index contributed by atoms with van der Waals surface area (Å²) in [6.45, 7) is 1.79. The smallest absolute Gasteiger partial charge is 0.466 e. The molecule has 9 heteroatoms. The van der Waals surface area contributed by atoms with Gasteiger partial charge in [0.2, 0.25) is 5.75 Å². The molecule has 0 aliphatic carbocycles. The molecule has 0 atom stereocenters. The molecule has 0 radical (unpaired) electrons. The molecule has 0 bridgehead atoms. The molecule has 19 heavy (non-hydrogen) atoms. The van der Waals surface area contributed by atoms with Crippen LogP contribution in [0.5, 0.6) is 5.75 Å². The number of pyridine rings is 1. The van der Waals surface area contributed by atoms with Gasteiger partial charge in [0, 0.05) is 5.69 Å². The Morgan fingerprint density at radius 3 is 2.58 bits per heavy atom. The largest absolute Gasteiger partial charge is 0.573 e. The number of rotatable bonds is 4. The summed E-state index contributed by atoms with van der Waals surface area (Å²) in [5, 5.41) is 0. The summed E-state index contributed by atoms with van der Waals surface area (Å²) >= 11 is 1.52. The van der Waals surface area contributed by atoms with Crippen LogP contribution in [-0.4, -0.2) is 23.9 Å². The molecule has 0 amide bonds. The average molecular weight is 391 g/mol. The summed E-state index contributed by atoms with van der Waals surface area (Å²) in [4.78, 5) is 24.8. The van der Waals surface area contributed by atoms with E-state index in [-0.39, 0.29) is 22.3 Å². The maximum absolute atomic E-state index is 12.1. The minimum atomic E-state index is -4.95. The topological polar surface area (TPSA) is 68.4 Å². The monoisotopic (exact) mass is 391 g/mol. The highest BCUT2D eigenvalue weighted by molar-refractivity contribution is 14.1. The number of H-pyrrole nitrogens is 1. The minimum Gasteiger partial charge on any atom is -0.466 e. The SMILES string of the molecule is CCOC(=O)Cc1cc(I)c(OC(F)(F)F)c(=O)[nH]1. The van der Waals surface area contributed by atoms with Gasteiger partial charge in [0.05, 0.1) is 16.6 Å². The van der Waals surface area contributed by atoms with E-state index in [2.05, 4.69) is 14.5 Å². The summed E-state index contributed by atoms with van der Waals surface area (Å²) in [6.07, 6.45) is -5.18. The number of esters is 1. The van der Waals surface area contributed by atoms with Crippen molar-refractivity contribution in [3.63, 3.8) is 0 Å². The number of hydrogen-bond donors (Lipinski definition) is 1. The van der Waals surface area contributed by atoms with Crippen molar-refractivity contribution in [2.24, 2.45) is 0 Å². The lowest BCUT2D eigenvalue weighted by Crippen LogP contribution is -2.25. The molecule has 0 spiro atoms. The third-order valence-corrected chi connectivity index (χ3v) is 2.66. The molecule has 1 aromatic heterocycles. The number of aromatic amines is 1. The van der Waals surface area contributed by atoms with E-state index >= 15 is 0 Å². The lowest BCUT2D eigenvalue weighted by Gasteiger charge is -2.10. The highest BCUT2D eigenvalue weighted by Gasteiger charge is 2.33. The van der Waals surface area contributed by atoms with Gasteiger partial charge in [0.1, 0.15) is 0 Å². The Hall–Kier alpha value is -1.26. The zero-order valence-electron chi connectivity index (χ0n) is 9.64. The first kappa shape index (κ1) is 15.8. The molecule has 106 valence electrons. The van der Waals surface area contributed by atoms with E-state index in [1.165, 1.54) is 28.7 Å². The van der Waals surface area contributed by atoms with Crippen LogP contribution in [0.25, 0.3) is 0 Å². The van der Waals surface area contributed by atoms with Crippen LogP contribution in [0, 0.1) is 3.57 Å². The van der Waals surface area contributed by atoms with Gasteiger partial charge in [0.15, 0.2) is 0 Å². The minimum absolute atomic E-state index is 0.0435. The summed E-state index contributed by atoms with van der Waals surface area (Å²) in [5.74, 6) is -1.43. The molecule has 0 fully saturated rings. The Labute approximate surface area is 119 Å². The van der Waals surface area contributed by atoms with Crippen molar-refractivity contribution < 1.29 is 27.4 Å². The normalized spacial score (nSPS) is 11.2. The van der Waals surface area contributed by atoms with Crippen LogP contribution in [0.1, 0.15) is 12.6 Å². The van der Waals surface area contributed by atoms with Gasteiger partial charge in [-0.15, -0.1) is 13.2 Å². The molecule has 1 N–H and O–H groups in total. The van der Waals surface area contributed by atoms with E-state index in [1.807, 2.05) is 0 Å². The molecule has 1 rings (SSSR count). The fourth-order valence-corrected chi connectivity index (χ4v) is 1.97. The Kier molecular flexibility index (Phi) is 5.20. The van der Waals surface area contributed by atoms with Gasteiger partial charge in [-0.25, -0.2) is 0 Å². The average Bonchev–Trinajstić information content (AvgIpc) is 2.22. The second-order valence-electron chi connectivity index (χ2n) is 3.33. The van der Waals surface area contributed by atoms with Crippen molar-refractivity contribution in [2.45, 2.75) is 19.7 Å². The highest BCUT2D eigenvalue weighted by Crippen LogP contribution is 2.24. The van der Waals surface area contributed by atoms with Crippen LogP contribution in [0.3, 0.4) is 0 Å². The van der Waals surface area contributed by atoms with Crippen molar-refractivity contribution in [1.29, 1.82) is 0 Å². The predicted octanol–water partition coefficient (Wildman–Crippen LogP) is 1.98. The fourth-order valence-electron chi connectivity index (χ4n) is 1.24. The molecule has 0 saturated heterocycles. The first-order valence-electron chi connectivity index (χ1n) is 5.06. The third-order valence-electron chi connectivity index (χ3n) is 1.86. The van der Waals surface area contributed by atoms with E-state index in [9.17, 15) is 22.8 Å². The molecule has 1 aromatic rings. The molecular formula is C10H9F3INO4. The van der Waals surface area contributed by atoms with Crippen LogP contribution < -0.4 is 10.3 Å². The van der Waals surface area contributed by atoms with Crippen molar-refractivity contribution in [2.75, 3.05) is 6.61 Å². The number of nitrogens with one attached hydrogen (secondary N) is 1. The second-order valence-corrected chi connectivity index (χ2v) is 4.49. The zero-order chi connectivity index (χ0) is 14.6. The van der Waals surface area contributed by atoms with Crippen LogP contribution in [0.4, 0.5) is 13.2 Å². The van der Waals surface area contributed by atoms with Crippen LogP contribution in [0.15, 0.2) is 10.9 Å². The fraction of sp³-hybridized carbons (Fsp3) is 0.400. The Morgan fingerprint density at radius 1 is 1.47 bits per heavy atom. The summed E-state index contributed by atoms with van der Waals surface area (Å²) in [6, 6.07) is 1.22. The second kappa shape index (κ2) is 6.26. The number of carbonyl (C=O) groups excluding carboxylic acids is 1. The van der Waals surface area contributed by atoms with Crippen molar-refractivity contribution in [3.05, 3.63) is 25.7 Å². The van der Waals surface area contributed by atoms with Crippen LogP contribution >= 0.6 is 22.6 Å². The number of ether oxygens (including phenoxy) is 2. The van der Waals surface area contributed by atoms with E-state index in [4.69, 9.17) is 0 Å². The molecule has 0 saturated carbocycles. The molecule has 0 aliphatic rings. The summed E-state index contributed by atoms with van der Waals surface area (Å²) < 4.78 is 44.4. The standard InChI is InChI=1S/C10H9F3INO4/c1-2-18-7(16)4-5-3-6(14)8(9(17)15-5)19-10(11,12)13/h3H,2,4H2,1H3,(H,15,17). The molecular weight excluding hydrogens is 382 g/mol. The van der Waals surface area contributed by atoms with Gasteiger partial charge < -0.3 is 14.5 Å². The molecule has 0 unspecified atom stereocenters. The van der Waals surface area contributed by atoms with Crippen LogP contribution in [-0.2, 0) is 16.0 Å². The van der Waals surface area contributed by atoms with E-state index in [0.29, 0.717) is 0 Å². The predicted molar refractivity (Wildman–Crippen MR) is 66.8 cm³/mol. The first-order chi connectivity index (χ1) is 8.73. The quantitative estimate of drug-likeness (QED) is 0.630. The summed E-state index contributed by atoms with van der Waals surface area (Å²) in [7, 11) is 0. The van der Waals surface area contributed by atoms with E-state index in [1.54, 1.807) is 6.92 Å². The summed E-state index contributed by atoms with van der Waals surface area (Å²) in [5.41, 5.74) is -0.897. The highest BCUT2D eigenvalue weighted by atomic mass is 127. The third kappa shape index (κ3) is 5.09. The van der Waals surface area contributed by atoms with Gasteiger partial charge in [0.25, 0.3) is 5.56 Å². The van der Waals surface area contributed by atoms with Crippen LogP contribution in [0.2, 0.25) is 0 Å². The van der Waals surface area contributed by atoms with Gasteiger partial charge in [-0.3, -0.25) is 9.59 Å². The van der Waals surface area contributed by atoms with E-state index in [0.717, 1.165) is 0 Å². The van der Waals surface area contributed by atoms with Gasteiger partial charge in [-0.1, -0.05) is 0 Å². The Morgan fingerprint density at radius 2 is 2.11 bits per heavy atom. The Bertz CT molecular complexity index is 526. The van der Waals surface area contributed by atoms with Gasteiger partial charge in [-0.2, -0.15) is 0 Å². The van der Waals surface area contributed by atoms with Crippen molar-refractivity contribution >= 4 is 28.6 Å². The molecule has 1 heterocycles. The molecule has 0 aliphatic heterocycles. The number of hydrogen-bond acceptors (Lipinski definition) is 4. The van der Waals surface area contributed by atoms with Gasteiger partial charge >= 0.3 is 12.3 Å². The molecule has 0 aromatic carbocycles. The molecule has 5 nitrogen and oxygen atoms in total. The van der Waals surface area contributed by atoms with Gasteiger partial charge in [-0.05, 0) is 35.6 Å². The van der Waals surface area contributed by atoms with Crippen molar-refractivity contribution in [3.8, 4) is 5.75 Å². The number of alkyl halides is 3. The Balaban J connectivity index is 2.97. The maximum atomic E-state index is 12.1. The van der Waals surface area contributed by atoms with E-state index < -0.39 is 23.6 Å². The lowest BCUT2D eigenvalue weighted by molar-refractivity contribution is -0.275. The lowest BCUT2D eigenvalue weighted by atomic mass is 10.2. The number of halogens is 4. The number of aromatic nitrogens is 1. The van der Waals surface area contributed by atoms with Crippen molar-refractivity contribution in [1.82, 2.24) is 4.98 Å². The first-order valence-corrected chi connectivity index (χ1v) is 6.14.